The molecule has 0 saturated heterocycles. The molecule has 0 aromatic heterocycles. The van der Waals surface area contributed by atoms with E-state index in [4.69, 9.17) is 0 Å². The van der Waals surface area contributed by atoms with Crippen LogP contribution in [0.5, 0.6) is 0 Å². The van der Waals surface area contributed by atoms with Gasteiger partial charge in [0, 0.05) is 23.7 Å². The zero-order valence-electron chi connectivity index (χ0n) is 13.6. The molecule has 0 saturated carbocycles. The highest BCUT2D eigenvalue weighted by Gasteiger charge is 2.07. The van der Waals surface area contributed by atoms with Crippen LogP contribution in [0.25, 0.3) is 9.81 Å². The summed E-state index contributed by atoms with van der Waals surface area (Å²) in [7, 11) is 0. The number of benzene rings is 2. The molecule has 0 radical (unpaired) electrons. The van der Waals surface area contributed by atoms with Gasteiger partial charge in [0.15, 0.2) is 10.2 Å². The molecule has 0 unspecified atom stereocenters. The summed E-state index contributed by atoms with van der Waals surface area (Å²) >= 11 is 2.38. The number of carbonyl (C=O) groups excluding carboxylic acids is 2. The van der Waals surface area contributed by atoms with E-state index in [1.165, 1.54) is 23.5 Å². The van der Waals surface area contributed by atoms with E-state index in [2.05, 4.69) is 0 Å². The highest BCUT2D eigenvalue weighted by molar-refractivity contribution is 8.21. The fraction of sp³-hybridized carbons (Fsp3) is 0.100. The fourth-order valence-corrected chi connectivity index (χ4v) is 3.44. The molecular weight excluding hydrogens is 336 g/mol. The lowest BCUT2D eigenvalue weighted by molar-refractivity contribution is -0.109. The van der Waals surface area contributed by atoms with Gasteiger partial charge >= 0.3 is 0 Å². The van der Waals surface area contributed by atoms with Crippen LogP contribution >= 0.6 is 23.5 Å². The molecule has 4 heteroatoms. The second kappa shape index (κ2) is 9.30. The number of rotatable bonds is 5. The predicted octanol–water partition coefficient (Wildman–Crippen LogP) is 5.63. The van der Waals surface area contributed by atoms with Crippen LogP contribution in [0, 0.1) is 0 Å². The van der Waals surface area contributed by atoms with Gasteiger partial charge in [-0.3, -0.25) is 9.59 Å². The highest BCUT2D eigenvalue weighted by atomic mass is 32.2. The summed E-state index contributed by atoms with van der Waals surface area (Å²) in [5.74, 6) is 0. The molecule has 122 valence electrons. The third-order valence-electron chi connectivity index (χ3n) is 3.01. The lowest BCUT2D eigenvalue weighted by atomic mass is 10.2. The first-order chi connectivity index (χ1) is 11.6. The summed E-state index contributed by atoms with van der Waals surface area (Å²) in [6.07, 6.45) is 3.80. The third kappa shape index (κ3) is 5.87. The van der Waals surface area contributed by atoms with E-state index in [0.717, 1.165) is 20.9 Å². The molecule has 0 bridgehead atoms. The second-order valence-corrected chi connectivity index (χ2v) is 7.42. The molecular formula is C20H18O2S2. The molecule has 0 aliphatic heterocycles. The third-order valence-corrected chi connectivity index (χ3v) is 4.77. The standard InChI is InChI=1S/C20H18O2S2/c1-15(21)23-19(17-9-5-3-6-10-17)13-14-20(24-16(2)22)18-11-7-4-8-12-18/h3-14H,1-2H3/b19-13-,20-14-. The van der Waals surface area contributed by atoms with Crippen LogP contribution in [0.15, 0.2) is 72.8 Å². The van der Waals surface area contributed by atoms with Crippen LogP contribution in [0.3, 0.4) is 0 Å². The van der Waals surface area contributed by atoms with E-state index < -0.39 is 0 Å². The molecule has 2 aromatic rings. The van der Waals surface area contributed by atoms with Crippen molar-refractivity contribution >= 4 is 43.6 Å². The lowest BCUT2D eigenvalue weighted by Gasteiger charge is -2.06. The SMILES string of the molecule is CC(=O)S/C(=C\C=C(/SC(C)=O)c1ccccc1)c1ccccc1. The maximum atomic E-state index is 11.6. The van der Waals surface area contributed by atoms with Crippen LogP contribution in [-0.4, -0.2) is 10.2 Å². The molecule has 0 aliphatic carbocycles. The first-order valence-electron chi connectivity index (χ1n) is 7.46. The predicted molar refractivity (Wildman–Crippen MR) is 105 cm³/mol. The largest absolute Gasteiger partial charge is 0.287 e. The van der Waals surface area contributed by atoms with Crippen molar-refractivity contribution in [1.29, 1.82) is 0 Å². The Labute approximate surface area is 151 Å². The van der Waals surface area contributed by atoms with Crippen LogP contribution in [0.4, 0.5) is 0 Å². The van der Waals surface area contributed by atoms with Gasteiger partial charge in [-0.05, 0) is 23.3 Å². The van der Waals surface area contributed by atoms with Crippen LogP contribution in [0.2, 0.25) is 0 Å². The van der Waals surface area contributed by atoms with Gasteiger partial charge in [-0.25, -0.2) is 0 Å². The quantitative estimate of drug-likeness (QED) is 0.652. The Morgan fingerprint density at radius 1 is 0.667 bits per heavy atom. The van der Waals surface area contributed by atoms with Crippen molar-refractivity contribution in [3.8, 4) is 0 Å². The average molecular weight is 354 g/mol. The molecule has 2 aromatic carbocycles. The number of thioether (sulfide) groups is 2. The maximum absolute atomic E-state index is 11.6. The molecule has 0 amide bonds. The normalized spacial score (nSPS) is 12.1. The van der Waals surface area contributed by atoms with E-state index in [9.17, 15) is 9.59 Å². The molecule has 0 spiro atoms. The smallest absolute Gasteiger partial charge is 0.190 e. The van der Waals surface area contributed by atoms with E-state index in [-0.39, 0.29) is 10.2 Å². The Morgan fingerprint density at radius 3 is 1.29 bits per heavy atom. The van der Waals surface area contributed by atoms with Gasteiger partial charge < -0.3 is 0 Å². The molecule has 0 heterocycles. The minimum Gasteiger partial charge on any atom is -0.287 e. The molecule has 0 aliphatic rings. The summed E-state index contributed by atoms with van der Waals surface area (Å²) < 4.78 is 0. The van der Waals surface area contributed by atoms with Gasteiger partial charge in [0.2, 0.25) is 0 Å². The molecule has 2 rings (SSSR count). The fourth-order valence-electron chi connectivity index (χ4n) is 2.04. The van der Waals surface area contributed by atoms with Crippen molar-refractivity contribution in [2.24, 2.45) is 0 Å². The van der Waals surface area contributed by atoms with E-state index in [0.29, 0.717) is 0 Å². The molecule has 24 heavy (non-hydrogen) atoms. The lowest BCUT2D eigenvalue weighted by Crippen LogP contribution is -1.87. The minimum atomic E-state index is 0.0268. The summed E-state index contributed by atoms with van der Waals surface area (Å²) in [6, 6.07) is 19.5. The molecule has 2 nitrogen and oxygen atoms in total. The van der Waals surface area contributed by atoms with Crippen molar-refractivity contribution in [3.05, 3.63) is 83.9 Å². The van der Waals surface area contributed by atoms with Crippen LogP contribution in [-0.2, 0) is 9.59 Å². The number of carbonyl (C=O) groups is 2. The topological polar surface area (TPSA) is 34.1 Å². The number of hydrogen-bond donors (Lipinski definition) is 0. The van der Waals surface area contributed by atoms with Crippen LogP contribution in [0.1, 0.15) is 25.0 Å². The van der Waals surface area contributed by atoms with Gasteiger partial charge in [-0.2, -0.15) is 0 Å². The van der Waals surface area contributed by atoms with E-state index in [1.807, 2.05) is 72.8 Å². The van der Waals surface area contributed by atoms with Gasteiger partial charge in [-0.1, -0.05) is 84.2 Å². The van der Waals surface area contributed by atoms with Gasteiger partial charge in [0.05, 0.1) is 0 Å². The zero-order valence-corrected chi connectivity index (χ0v) is 15.2. The number of allylic oxidation sites excluding steroid dienone is 2. The molecule has 0 fully saturated rings. The second-order valence-electron chi connectivity index (χ2n) is 4.98. The maximum Gasteiger partial charge on any atom is 0.190 e. The van der Waals surface area contributed by atoms with Crippen molar-refractivity contribution in [2.75, 3.05) is 0 Å². The van der Waals surface area contributed by atoms with Crippen molar-refractivity contribution < 1.29 is 9.59 Å². The Balaban J connectivity index is 2.42. The molecule has 0 N–H and O–H groups in total. The average Bonchev–Trinajstić information content (AvgIpc) is 2.58. The summed E-state index contributed by atoms with van der Waals surface area (Å²) in [6.45, 7) is 3.10. The Bertz CT molecular complexity index is 695. The number of hydrogen-bond acceptors (Lipinski definition) is 4. The van der Waals surface area contributed by atoms with Crippen LogP contribution < -0.4 is 0 Å². The van der Waals surface area contributed by atoms with Gasteiger partial charge in [-0.15, -0.1) is 0 Å². The van der Waals surface area contributed by atoms with Crippen molar-refractivity contribution in [3.63, 3.8) is 0 Å². The Kier molecular flexibility index (Phi) is 7.09. The van der Waals surface area contributed by atoms with E-state index in [1.54, 1.807) is 13.8 Å². The summed E-state index contributed by atoms with van der Waals surface area (Å²) in [5.41, 5.74) is 1.96. The van der Waals surface area contributed by atoms with Gasteiger partial charge in [0.1, 0.15) is 0 Å². The minimum absolute atomic E-state index is 0.0268. The first-order valence-corrected chi connectivity index (χ1v) is 9.09. The van der Waals surface area contributed by atoms with Crippen molar-refractivity contribution in [1.82, 2.24) is 0 Å². The summed E-state index contributed by atoms with van der Waals surface area (Å²) in [5, 5.41) is 0.0537. The van der Waals surface area contributed by atoms with E-state index >= 15 is 0 Å². The highest BCUT2D eigenvalue weighted by Crippen LogP contribution is 2.32. The Hall–Kier alpha value is -2.04. The summed E-state index contributed by atoms with van der Waals surface area (Å²) in [4.78, 5) is 24.8. The Morgan fingerprint density at radius 2 is 1.00 bits per heavy atom. The van der Waals surface area contributed by atoms with Gasteiger partial charge in [0.25, 0.3) is 0 Å². The molecule has 0 atom stereocenters. The van der Waals surface area contributed by atoms with Crippen molar-refractivity contribution in [2.45, 2.75) is 13.8 Å². The first kappa shape index (κ1) is 18.3. The monoisotopic (exact) mass is 354 g/mol. The zero-order chi connectivity index (χ0) is 17.4.